The molecule has 0 aliphatic heterocycles. The Bertz CT molecular complexity index is 449. The summed E-state index contributed by atoms with van der Waals surface area (Å²) in [5.74, 6) is -1.50. The highest BCUT2D eigenvalue weighted by molar-refractivity contribution is 6.35. The van der Waals surface area contributed by atoms with E-state index in [0.717, 1.165) is 0 Å². The first-order valence-corrected chi connectivity index (χ1v) is 4.73. The first kappa shape index (κ1) is 12.4. The van der Waals surface area contributed by atoms with E-state index in [1.165, 1.54) is 13.2 Å². The molecule has 0 saturated heterocycles. The number of carbonyl (C=O) groups is 1. The Balaban J connectivity index is 3.40. The second-order valence-corrected chi connectivity index (χ2v) is 3.31. The van der Waals surface area contributed by atoms with Crippen LogP contribution in [-0.2, 0) is 11.2 Å². The van der Waals surface area contributed by atoms with Crippen molar-refractivity contribution in [3.8, 4) is 0 Å². The average Bonchev–Trinajstić information content (AvgIpc) is 2.29. The van der Waals surface area contributed by atoms with Crippen molar-refractivity contribution < 1.29 is 13.9 Å². The van der Waals surface area contributed by atoms with Crippen molar-refractivity contribution >= 4 is 23.3 Å². The first-order chi connectivity index (χ1) is 7.52. The Morgan fingerprint density at radius 2 is 2.38 bits per heavy atom. The molecule has 1 aromatic rings. The van der Waals surface area contributed by atoms with Gasteiger partial charge in [0, 0.05) is 6.42 Å². The van der Waals surface area contributed by atoms with Gasteiger partial charge in [-0.05, 0) is 0 Å². The lowest BCUT2D eigenvalue weighted by Gasteiger charge is -2.08. The molecule has 0 aliphatic rings. The summed E-state index contributed by atoms with van der Waals surface area (Å²) in [6.45, 7) is 3.45. The van der Waals surface area contributed by atoms with Crippen LogP contribution in [0.25, 0.3) is 0 Å². The monoisotopic (exact) mass is 244 g/mol. The average molecular weight is 245 g/mol. The molecular formula is C10H10ClFN2O2. The first-order valence-electron chi connectivity index (χ1n) is 4.35. The van der Waals surface area contributed by atoms with Gasteiger partial charge in [0.25, 0.3) is 0 Å². The lowest BCUT2D eigenvalue weighted by Crippen LogP contribution is -2.11. The van der Waals surface area contributed by atoms with E-state index in [2.05, 4.69) is 16.3 Å². The van der Waals surface area contributed by atoms with Crippen LogP contribution in [-0.4, -0.2) is 18.1 Å². The minimum Gasteiger partial charge on any atom is -0.464 e. The third kappa shape index (κ3) is 2.14. The molecule has 0 atom stereocenters. The number of hydrogen-bond acceptors (Lipinski definition) is 4. The van der Waals surface area contributed by atoms with E-state index >= 15 is 0 Å². The summed E-state index contributed by atoms with van der Waals surface area (Å²) in [5, 5.41) is -0.239. The fourth-order valence-electron chi connectivity index (χ4n) is 1.12. The number of allylic oxidation sites excluding steroid dienone is 1. The SMILES string of the molecule is C=CCc1nc(C(=O)OC)c(Cl)c(N)c1F. The number of anilines is 1. The molecular weight excluding hydrogens is 235 g/mol. The number of rotatable bonds is 3. The third-order valence-corrected chi connectivity index (χ3v) is 2.28. The Kier molecular flexibility index (Phi) is 3.84. The van der Waals surface area contributed by atoms with Gasteiger partial charge < -0.3 is 10.5 Å². The van der Waals surface area contributed by atoms with Gasteiger partial charge in [0.05, 0.1) is 23.5 Å². The molecule has 6 heteroatoms. The number of nitrogens with two attached hydrogens (primary N) is 1. The highest BCUT2D eigenvalue weighted by Gasteiger charge is 2.21. The smallest absolute Gasteiger partial charge is 0.358 e. The van der Waals surface area contributed by atoms with Crippen molar-refractivity contribution in [2.24, 2.45) is 0 Å². The summed E-state index contributed by atoms with van der Waals surface area (Å²) in [6, 6.07) is 0. The standard InChI is InChI=1S/C10H10ClFN2O2/c1-3-4-5-7(12)8(13)6(11)9(14-5)10(15)16-2/h3H,1,4H2,2H3,(H2,13,14). The molecule has 2 N–H and O–H groups in total. The van der Waals surface area contributed by atoms with Gasteiger partial charge in [-0.3, -0.25) is 0 Å². The van der Waals surface area contributed by atoms with Gasteiger partial charge in [0.1, 0.15) is 0 Å². The predicted octanol–water partition coefficient (Wildman–Crippen LogP) is 1.97. The van der Waals surface area contributed by atoms with Crippen LogP contribution in [0.3, 0.4) is 0 Å². The topological polar surface area (TPSA) is 65.2 Å². The van der Waals surface area contributed by atoms with Crippen molar-refractivity contribution in [1.82, 2.24) is 4.98 Å². The maximum absolute atomic E-state index is 13.5. The number of hydrogen-bond donors (Lipinski definition) is 1. The van der Waals surface area contributed by atoms with Crippen molar-refractivity contribution in [3.63, 3.8) is 0 Å². The Hall–Kier alpha value is -1.62. The highest BCUT2D eigenvalue weighted by atomic mass is 35.5. The van der Waals surface area contributed by atoms with Crippen molar-refractivity contribution in [3.05, 3.63) is 34.9 Å². The minimum absolute atomic E-state index is 0.0114. The highest BCUT2D eigenvalue weighted by Crippen LogP contribution is 2.27. The minimum atomic E-state index is -0.762. The number of nitrogen functional groups attached to an aromatic ring is 1. The summed E-state index contributed by atoms with van der Waals surface area (Å²) in [6.07, 6.45) is 1.59. The Morgan fingerprint density at radius 1 is 1.75 bits per heavy atom. The molecule has 0 saturated carbocycles. The number of pyridine rings is 1. The van der Waals surface area contributed by atoms with Crippen LogP contribution in [0.2, 0.25) is 5.02 Å². The zero-order valence-electron chi connectivity index (χ0n) is 8.59. The molecule has 0 fully saturated rings. The molecule has 1 rings (SSSR count). The van der Waals surface area contributed by atoms with E-state index in [1.54, 1.807) is 0 Å². The van der Waals surface area contributed by atoms with Crippen LogP contribution in [0.1, 0.15) is 16.2 Å². The molecule has 86 valence electrons. The number of halogens is 2. The van der Waals surface area contributed by atoms with E-state index in [1.807, 2.05) is 0 Å². The van der Waals surface area contributed by atoms with Crippen LogP contribution >= 0.6 is 11.6 Å². The van der Waals surface area contributed by atoms with Crippen LogP contribution in [0.5, 0.6) is 0 Å². The number of nitrogens with zero attached hydrogens (tertiary/aromatic N) is 1. The normalized spacial score (nSPS) is 9.94. The van der Waals surface area contributed by atoms with E-state index in [4.69, 9.17) is 17.3 Å². The number of methoxy groups -OCH3 is 1. The lowest BCUT2D eigenvalue weighted by atomic mass is 10.2. The largest absolute Gasteiger partial charge is 0.464 e. The van der Waals surface area contributed by atoms with Crippen LogP contribution in [0.4, 0.5) is 10.1 Å². The number of ether oxygens (including phenoxy) is 1. The summed E-state index contributed by atoms with van der Waals surface area (Å²) in [7, 11) is 1.17. The molecule has 0 aliphatic carbocycles. The molecule has 0 spiro atoms. The molecule has 4 nitrogen and oxygen atoms in total. The van der Waals surface area contributed by atoms with Gasteiger partial charge in [-0.1, -0.05) is 17.7 Å². The molecule has 0 aromatic carbocycles. The van der Waals surface area contributed by atoms with Gasteiger partial charge in [0.2, 0.25) is 0 Å². The molecule has 16 heavy (non-hydrogen) atoms. The number of carbonyl (C=O) groups excluding carboxylic acids is 1. The van der Waals surface area contributed by atoms with Crippen LogP contribution < -0.4 is 5.73 Å². The fraction of sp³-hybridized carbons (Fsp3) is 0.200. The van der Waals surface area contributed by atoms with E-state index < -0.39 is 11.8 Å². The van der Waals surface area contributed by atoms with Gasteiger partial charge in [-0.25, -0.2) is 14.2 Å². The summed E-state index contributed by atoms with van der Waals surface area (Å²) in [5.41, 5.74) is 4.92. The lowest BCUT2D eigenvalue weighted by molar-refractivity contribution is 0.0594. The molecule has 0 bridgehead atoms. The Morgan fingerprint density at radius 3 is 2.88 bits per heavy atom. The maximum Gasteiger partial charge on any atom is 0.358 e. The molecule has 1 aromatic heterocycles. The molecule has 0 amide bonds. The van der Waals surface area contributed by atoms with Gasteiger partial charge in [-0.2, -0.15) is 0 Å². The fourth-order valence-corrected chi connectivity index (χ4v) is 1.32. The number of aromatic nitrogens is 1. The predicted molar refractivity (Wildman–Crippen MR) is 58.9 cm³/mol. The van der Waals surface area contributed by atoms with E-state index in [9.17, 15) is 9.18 Å². The molecule has 1 heterocycles. The van der Waals surface area contributed by atoms with Crippen LogP contribution in [0.15, 0.2) is 12.7 Å². The summed E-state index contributed by atoms with van der Waals surface area (Å²) >= 11 is 5.69. The second kappa shape index (κ2) is 4.94. The molecule has 0 radical (unpaired) electrons. The zero-order chi connectivity index (χ0) is 12.3. The van der Waals surface area contributed by atoms with Gasteiger partial charge >= 0.3 is 5.97 Å². The Labute approximate surface area is 96.9 Å². The van der Waals surface area contributed by atoms with Crippen molar-refractivity contribution in [2.75, 3.05) is 12.8 Å². The van der Waals surface area contributed by atoms with Crippen LogP contribution in [0, 0.1) is 5.82 Å². The summed E-state index contributed by atoms with van der Waals surface area (Å²) in [4.78, 5) is 15.0. The van der Waals surface area contributed by atoms with E-state index in [-0.39, 0.29) is 28.5 Å². The second-order valence-electron chi connectivity index (χ2n) is 2.93. The quantitative estimate of drug-likeness (QED) is 0.652. The zero-order valence-corrected chi connectivity index (χ0v) is 9.34. The maximum atomic E-state index is 13.5. The molecule has 0 unspecified atom stereocenters. The van der Waals surface area contributed by atoms with E-state index in [0.29, 0.717) is 0 Å². The van der Waals surface area contributed by atoms with Gasteiger partial charge in [0.15, 0.2) is 11.5 Å². The summed E-state index contributed by atoms with van der Waals surface area (Å²) < 4.78 is 18.0. The van der Waals surface area contributed by atoms with Crippen molar-refractivity contribution in [2.45, 2.75) is 6.42 Å². The van der Waals surface area contributed by atoms with Crippen molar-refractivity contribution in [1.29, 1.82) is 0 Å². The number of esters is 1. The van der Waals surface area contributed by atoms with Gasteiger partial charge in [-0.15, -0.1) is 6.58 Å². The third-order valence-electron chi connectivity index (χ3n) is 1.90.